The summed E-state index contributed by atoms with van der Waals surface area (Å²) < 4.78 is 25.3. The molecular weight excluding hydrogens is 472 g/mol. The predicted molar refractivity (Wildman–Crippen MR) is 129 cm³/mol. The summed E-state index contributed by atoms with van der Waals surface area (Å²) in [6, 6.07) is 17.9. The van der Waals surface area contributed by atoms with Gasteiger partial charge in [0, 0.05) is 12.7 Å². The van der Waals surface area contributed by atoms with Crippen LogP contribution in [0.15, 0.2) is 71.6 Å². The van der Waals surface area contributed by atoms with Crippen LogP contribution < -0.4 is 10.6 Å². The van der Waals surface area contributed by atoms with Crippen molar-refractivity contribution in [1.29, 1.82) is 0 Å². The van der Waals surface area contributed by atoms with E-state index in [1.54, 1.807) is 13.0 Å². The minimum absolute atomic E-state index is 0.0277. The zero-order valence-corrected chi connectivity index (χ0v) is 20.1. The van der Waals surface area contributed by atoms with Crippen LogP contribution in [0, 0.1) is 0 Å². The first-order valence-electron chi connectivity index (χ1n) is 10.6. The Balaban J connectivity index is 1.47. The number of sulfonamides is 1. The van der Waals surface area contributed by atoms with Crippen molar-refractivity contribution in [2.75, 3.05) is 26.0 Å². The molecule has 35 heavy (non-hydrogen) atoms. The highest BCUT2D eigenvalue weighted by atomic mass is 32.2. The van der Waals surface area contributed by atoms with Gasteiger partial charge in [-0.05, 0) is 53.6 Å². The number of fused-ring (bicyclic) bond motifs is 1. The minimum Gasteiger partial charge on any atom is -0.325 e. The summed E-state index contributed by atoms with van der Waals surface area (Å²) in [5, 5.41) is 7.19. The summed E-state index contributed by atoms with van der Waals surface area (Å²) in [6.07, 6.45) is 0. The first kappa shape index (κ1) is 24.3. The molecule has 0 bridgehead atoms. The number of amides is 4. The summed E-state index contributed by atoms with van der Waals surface area (Å²) in [4.78, 5) is 43.9. The number of hydroxylamine groups is 1. The Kier molecular flexibility index (Phi) is 6.32. The first-order valence-corrected chi connectivity index (χ1v) is 12.1. The number of nitrogens with one attached hydrogen (secondary N) is 2. The molecule has 3 aromatic rings. The molecule has 11 heteroatoms. The number of urea groups is 1. The zero-order valence-electron chi connectivity index (χ0n) is 19.3. The van der Waals surface area contributed by atoms with Gasteiger partial charge in [-0.1, -0.05) is 40.9 Å². The number of imide groups is 1. The molecule has 1 aliphatic rings. The third kappa shape index (κ3) is 4.48. The fourth-order valence-electron chi connectivity index (χ4n) is 3.84. The van der Waals surface area contributed by atoms with E-state index in [0.717, 1.165) is 15.7 Å². The number of anilines is 1. The lowest BCUT2D eigenvalue weighted by molar-refractivity contribution is -0.133. The van der Waals surface area contributed by atoms with Crippen LogP contribution in [-0.2, 0) is 30.0 Å². The lowest BCUT2D eigenvalue weighted by atomic mass is 9.90. The van der Waals surface area contributed by atoms with Gasteiger partial charge in [-0.2, -0.15) is 0 Å². The van der Waals surface area contributed by atoms with Crippen molar-refractivity contribution in [3.63, 3.8) is 0 Å². The summed E-state index contributed by atoms with van der Waals surface area (Å²) in [5.41, 5.74) is -0.404. The third-order valence-electron chi connectivity index (χ3n) is 5.94. The maximum atomic E-state index is 13.2. The van der Waals surface area contributed by atoms with Gasteiger partial charge >= 0.3 is 6.03 Å². The predicted octanol–water partition coefficient (Wildman–Crippen LogP) is 2.43. The van der Waals surface area contributed by atoms with Crippen LogP contribution >= 0.6 is 0 Å². The van der Waals surface area contributed by atoms with Gasteiger partial charge in [0.2, 0.25) is 5.91 Å². The van der Waals surface area contributed by atoms with Crippen molar-refractivity contribution in [3.05, 3.63) is 72.3 Å². The average Bonchev–Trinajstić information content (AvgIpc) is 3.07. The second kappa shape index (κ2) is 9.10. The molecule has 1 atom stereocenters. The minimum atomic E-state index is -3.83. The molecule has 182 valence electrons. The molecule has 1 heterocycles. The van der Waals surface area contributed by atoms with Gasteiger partial charge in [-0.25, -0.2) is 13.2 Å². The monoisotopic (exact) mass is 496 g/mol. The number of rotatable bonds is 7. The van der Waals surface area contributed by atoms with Crippen molar-refractivity contribution >= 4 is 44.3 Å². The van der Waals surface area contributed by atoms with E-state index in [4.69, 9.17) is 4.84 Å². The van der Waals surface area contributed by atoms with E-state index in [1.807, 2.05) is 36.4 Å². The maximum Gasteiger partial charge on any atom is 0.325 e. The summed E-state index contributed by atoms with van der Waals surface area (Å²) in [6.45, 7) is 1.10. The number of carbonyl (C=O) groups excluding carboxylic acids is 3. The standard InChI is InChI=1S/C24H24N4O6S/c1-24(18-9-8-16-6-4-5-7-17(16)14-18)22(30)28(23(31)26-24)15-21(29)25-19-10-12-20(13-11-19)35(32,33)27(2)34-3/h4-14H,15H2,1-3H3,(H,25,29)(H,26,31). The van der Waals surface area contributed by atoms with Crippen LogP contribution in [0.4, 0.5) is 10.5 Å². The van der Waals surface area contributed by atoms with Crippen LogP contribution in [0.1, 0.15) is 12.5 Å². The third-order valence-corrected chi connectivity index (χ3v) is 7.63. The highest BCUT2D eigenvalue weighted by Gasteiger charge is 2.49. The molecule has 1 unspecified atom stereocenters. The molecule has 0 radical (unpaired) electrons. The van der Waals surface area contributed by atoms with Crippen LogP contribution in [0.25, 0.3) is 10.8 Å². The van der Waals surface area contributed by atoms with E-state index in [0.29, 0.717) is 15.7 Å². The Hall–Kier alpha value is -3.80. The molecule has 0 aliphatic carbocycles. The molecule has 4 rings (SSSR count). The normalized spacial score (nSPS) is 18.2. The van der Waals surface area contributed by atoms with Gasteiger partial charge in [0.25, 0.3) is 15.9 Å². The summed E-state index contributed by atoms with van der Waals surface area (Å²) >= 11 is 0. The smallest absolute Gasteiger partial charge is 0.325 e. The van der Waals surface area contributed by atoms with Crippen molar-refractivity contribution in [1.82, 2.24) is 14.7 Å². The van der Waals surface area contributed by atoms with E-state index < -0.39 is 40.0 Å². The summed E-state index contributed by atoms with van der Waals surface area (Å²) in [7, 11) is -1.34. The number of hydrogen-bond acceptors (Lipinski definition) is 6. The van der Waals surface area contributed by atoms with Crippen LogP contribution in [0.5, 0.6) is 0 Å². The molecule has 2 N–H and O–H groups in total. The Morgan fingerprint density at radius 1 is 1.06 bits per heavy atom. The molecule has 0 spiro atoms. The molecule has 1 fully saturated rings. The maximum absolute atomic E-state index is 13.2. The number of benzene rings is 3. The fraction of sp³-hybridized carbons (Fsp3) is 0.208. The SMILES string of the molecule is CON(C)S(=O)(=O)c1ccc(NC(=O)CN2C(=O)NC(C)(c3ccc4ccccc4c3)C2=O)cc1. The summed E-state index contributed by atoms with van der Waals surface area (Å²) in [5.74, 6) is -1.15. The van der Waals surface area contributed by atoms with Crippen molar-refractivity contribution < 1.29 is 27.6 Å². The molecule has 1 saturated heterocycles. The Bertz CT molecular complexity index is 1420. The van der Waals surface area contributed by atoms with Gasteiger partial charge in [0.15, 0.2) is 0 Å². The second-order valence-electron chi connectivity index (χ2n) is 8.18. The van der Waals surface area contributed by atoms with Crippen LogP contribution in [0.2, 0.25) is 0 Å². The topological polar surface area (TPSA) is 125 Å². The quantitative estimate of drug-likeness (QED) is 0.382. The second-order valence-corrected chi connectivity index (χ2v) is 10.1. The van der Waals surface area contributed by atoms with Crippen LogP contribution in [0.3, 0.4) is 0 Å². The number of nitrogens with zero attached hydrogens (tertiary/aromatic N) is 2. The van der Waals surface area contributed by atoms with Gasteiger partial charge in [0.1, 0.15) is 12.1 Å². The van der Waals surface area contributed by atoms with E-state index in [2.05, 4.69) is 10.6 Å². The van der Waals surface area contributed by atoms with Gasteiger partial charge in [-0.15, -0.1) is 0 Å². The molecule has 0 aromatic heterocycles. The highest BCUT2D eigenvalue weighted by Crippen LogP contribution is 2.31. The molecule has 0 saturated carbocycles. The number of hydrogen-bond donors (Lipinski definition) is 2. The average molecular weight is 497 g/mol. The fourth-order valence-corrected chi connectivity index (χ4v) is 4.81. The van der Waals surface area contributed by atoms with Crippen molar-refractivity contribution in [2.45, 2.75) is 17.4 Å². The molecule has 1 aliphatic heterocycles. The van der Waals surface area contributed by atoms with E-state index >= 15 is 0 Å². The Labute approximate surface area is 202 Å². The van der Waals surface area contributed by atoms with Gasteiger partial charge < -0.3 is 10.6 Å². The van der Waals surface area contributed by atoms with Gasteiger partial charge in [-0.3, -0.25) is 19.3 Å². The largest absolute Gasteiger partial charge is 0.325 e. The molecule has 10 nitrogen and oxygen atoms in total. The number of carbonyl (C=O) groups is 3. The van der Waals surface area contributed by atoms with E-state index in [9.17, 15) is 22.8 Å². The van der Waals surface area contributed by atoms with E-state index in [1.165, 1.54) is 38.4 Å². The first-order chi connectivity index (χ1) is 16.6. The van der Waals surface area contributed by atoms with Gasteiger partial charge in [0.05, 0.1) is 12.0 Å². The lowest BCUT2D eigenvalue weighted by Crippen LogP contribution is -2.42. The molecule has 4 amide bonds. The van der Waals surface area contributed by atoms with Crippen LogP contribution in [-0.4, -0.2) is 56.3 Å². The Morgan fingerprint density at radius 3 is 2.37 bits per heavy atom. The lowest BCUT2D eigenvalue weighted by Gasteiger charge is -2.22. The zero-order chi connectivity index (χ0) is 25.4. The molecular formula is C24H24N4O6S. The van der Waals surface area contributed by atoms with Crippen molar-refractivity contribution in [3.8, 4) is 0 Å². The van der Waals surface area contributed by atoms with Crippen molar-refractivity contribution in [2.24, 2.45) is 0 Å². The van der Waals surface area contributed by atoms with E-state index in [-0.39, 0.29) is 4.90 Å². The molecule has 3 aromatic carbocycles. The Morgan fingerprint density at radius 2 is 1.71 bits per heavy atom. The highest BCUT2D eigenvalue weighted by molar-refractivity contribution is 7.89.